The minimum Gasteiger partial charge on any atom is -0.464 e. The smallest absolute Gasteiger partial charge is 0.326 e. The molecule has 0 aliphatic rings. The van der Waals surface area contributed by atoms with E-state index in [1.807, 2.05) is 19.1 Å². The number of nitrogens with zero attached hydrogens (tertiary/aromatic N) is 2. The minimum absolute atomic E-state index is 0.137. The van der Waals surface area contributed by atoms with Gasteiger partial charge >= 0.3 is 5.97 Å². The Morgan fingerprint density at radius 3 is 2.40 bits per heavy atom. The Hall–Kier alpha value is -3.66. The second-order valence-electron chi connectivity index (χ2n) is 8.94. The van der Waals surface area contributed by atoms with Gasteiger partial charge in [0, 0.05) is 34.5 Å². The highest BCUT2D eigenvalue weighted by atomic mass is 35.5. The van der Waals surface area contributed by atoms with Crippen molar-refractivity contribution in [3.05, 3.63) is 100 Å². The summed E-state index contributed by atoms with van der Waals surface area (Å²) in [4.78, 5) is 29.5. The van der Waals surface area contributed by atoms with Crippen molar-refractivity contribution in [2.45, 2.75) is 31.2 Å². The molecule has 1 aromatic heterocycles. The lowest BCUT2D eigenvalue weighted by Crippen LogP contribution is -2.36. The standard InChI is InChI=1S/C29H27Cl2N3O5S/c1-2-3-13-39-28(35)19-34(40(37,38)25-16-22(30)15-23(31)17-25)24-7-8-26-21(14-24)5-4-6-27(26)29(36)33-18-20-9-11-32-12-10-20/h4-12,14-17H,2-3,13,18-19H2,1H3,(H,33,36). The molecule has 0 saturated carbocycles. The van der Waals surface area contributed by atoms with Gasteiger partial charge in [-0.05, 0) is 71.3 Å². The van der Waals surface area contributed by atoms with E-state index >= 15 is 0 Å². The Kier molecular flexibility index (Phi) is 9.63. The molecule has 0 bridgehead atoms. The fourth-order valence-corrected chi connectivity index (χ4v) is 6.14. The summed E-state index contributed by atoms with van der Waals surface area (Å²) in [6, 6.07) is 17.6. The number of aromatic nitrogens is 1. The predicted molar refractivity (Wildman–Crippen MR) is 156 cm³/mol. The van der Waals surface area contributed by atoms with Crippen molar-refractivity contribution in [2.75, 3.05) is 17.5 Å². The van der Waals surface area contributed by atoms with Crippen molar-refractivity contribution < 1.29 is 22.7 Å². The van der Waals surface area contributed by atoms with Crippen LogP contribution in [0.25, 0.3) is 10.8 Å². The molecule has 208 valence electrons. The monoisotopic (exact) mass is 599 g/mol. The molecule has 8 nitrogen and oxygen atoms in total. The number of halogens is 2. The van der Waals surface area contributed by atoms with Gasteiger partial charge in [0.25, 0.3) is 15.9 Å². The third-order valence-corrected chi connectivity index (χ3v) is 8.24. The van der Waals surface area contributed by atoms with Crippen LogP contribution in [-0.4, -0.2) is 38.4 Å². The first-order valence-electron chi connectivity index (χ1n) is 12.5. The Labute approximate surface area is 242 Å². The quantitative estimate of drug-likeness (QED) is 0.167. The van der Waals surface area contributed by atoms with Crippen LogP contribution < -0.4 is 9.62 Å². The highest BCUT2D eigenvalue weighted by Gasteiger charge is 2.29. The topological polar surface area (TPSA) is 106 Å². The van der Waals surface area contributed by atoms with Crippen LogP contribution >= 0.6 is 23.2 Å². The van der Waals surface area contributed by atoms with E-state index in [1.54, 1.807) is 48.8 Å². The van der Waals surface area contributed by atoms with Crippen molar-refractivity contribution in [3.8, 4) is 0 Å². The highest BCUT2D eigenvalue weighted by Crippen LogP contribution is 2.31. The van der Waals surface area contributed by atoms with Crippen LogP contribution in [0.1, 0.15) is 35.7 Å². The number of sulfonamides is 1. The van der Waals surface area contributed by atoms with Crippen LogP contribution in [0.5, 0.6) is 0 Å². The van der Waals surface area contributed by atoms with Crippen molar-refractivity contribution in [1.29, 1.82) is 0 Å². The molecule has 0 radical (unpaired) electrons. The van der Waals surface area contributed by atoms with E-state index in [1.165, 1.54) is 18.2 Å². The number of carbonyl (C=O) groups is 2. The van der Waals surface area contributed by atoms with E-state index in [-0.39, 0.29) is 33.1 Å². The second-order valence-corrected chi connectivity index (χ2v) is 11.7. The summed E-state index contributed by atoms with van der Waals surface area (Å²) >= 11 is 12.2. The van der Waals surface area contributed by atoms with Crippen LogP contribution in [0.4, 0.5) is 5.69 Å². The van der Waals surface area contributed by atoms with Crippen molar-refractivity contribution >= 4 is 61.6 Å². The summed E-state index contributed by atoms with van der Waals surface area (Å²) in [6.45, 7) is 1.90. The van der Waals surface area contributed by atoms with Gasteiger partial charge in [0.15, 0.2) is 0 Å². The fourth-order valence-electron chi connectivity index (χ4n) is 4.02. The molecule has 0 saturated heterocycles. The lowest BCUT2D eigenvalue weighted by Gasteiger charge is -2.24. The lowest BCUT2D eigenvalue weighted by atomic mass is 10.0. The Morgan fingerprint density at radius 2 is 1.70 bits per heavy atom. The van der Waals surface area contributed by atoms with E-state index in [0.29, 0.717) is 29.3 Å². The normalized spacial score (nSPS) is 11.3. The molecule has 4 aromatic rings. The zero-order chi connectivity index (χ0) is 28.7. The zero-order valence-corrected chi connectivity index (χ0v) is 24.0. The Bertz CT molecular complexity index is 1610. The number of anilines is 1. The van der Waals surface area contributed by atoms with Gasteiger partial charge in [0.1, 0.15) is 6.54 Å². The summed E-state index contributed by atoms with van der Waals surface area (Å²) < 4.78 is 33.7. The molecule has 0 atom stereocenters. The summed E-state index contributed by atoms with van der Waals surface area (Å²) in [5, 5.41) is 4.39. The zero-order valence-electron chi connectivity index (χ0n) is 21.6. The highest BCUT2D eigenvalue weighted by molar-refractivity contribution is 7.92. The van der Waals surface area contributed by atoms with Crippen LogP contribution in [0.3, 0.4) is 0 Å². The van der Waals surface area contributed by atoms with Crippen molar-refractivity contribution in [2.24, 2.45) is 0 Å². The van der Waals surface area contributed by atoms with Crippen molar-refractivity contribution in [3.63, 3.8) is 0 Å². The maximum absolute atomic E-state index is 13.8. The average Bonchev–Trinajstić information content (AvgIpc) is 2.94. The first-order chi connectivity index (χ1) is 19.2. The SMILES string of the molecule is CCCCOC(=O)CN(c1ccc2c(C(=O)NCc3ccncc3)cccc2c1)S(=O)(=O)c1cc(Cl)cc(Cl)c1. The molecule has 4 rings (SSSR count). The first-order valence-corrected chi connectivity index (χ1v) is 14.7. The molecule has 40 heavy (non-hydrogen) atoms. The molecule has 3 aromatic carbocycles. The van der Waals surface area contributed by atoms with E-state index < -0.39 is 22.5 Å². The molecule has 0 aliphatic heterocycles. The number of hydrogen-bond donors (Lipinski definition) is 1. The molecule has 1 N–H and O–H groups in total. The van der Waals surface area contributed by atoms with Gasteiger partial charge in [-0.2, -0.15) is 0 Å². The Morgan fingerprint density at radius 1 is 0.975 bits per heavy atom. The summed E-state index contributed by atoms with van der Waals surface area (Å²) in [5.74, 6) is -0.984. The van der Waals surface area contributed by atoms with Gasteiger partial charge in [0.05, 0.1) is 17.2 Å². The number of amides is 1. The van der Waals surface area contributed by atoms with Gasteiger partial charge in [-0.25, -0.2) is 8.42 Å². The van der Waals surface area contributed by atoms with Crippen LogP contribution in [0.15, 0.2) is 84.0 Å². The number of unbranched alkanes of at least 4 members (excludes halogenated alkanes) is 1. The van der Waals surface area contributed by atoms with Gasteiger partial charge in [0.2, 0.25) is 0 Å². The summed E-state index contributed by atoms with van der Waals surface area (Å²) in [5.41, 5.74) is 1.54. The number of rotatable bonds is 11. The second kappa shape index (κ2) is 13.1. The summed E-state index contributed by atoms with van der Waals surface area (Å²) in [7, 11) is -4.28. The summed E-state index contributed by atoms with van der Waals surface area (Å²) in [6.07, 6.45) is 4.78. The van der Waals surface area contributed by atoms with Crippen molar-refractivity contribution in [1.82, 2.24) is 10.3 Å². The van der Waals surface area contributed by atoms with Gasteiger partial charge in [-0.15, -0.1) is 0 Å². The average molecular weight is 601 g/mol. The van der Waals surface area contributed by atoms with Crippen LogP contribution in [0.2, 0.25) is 10.0 Å². The molecule has 1 amide bonds. The lowest BCUT2D eigenvalue weighted by molar-refractivity contribution is -0.141. The number of nitrogens with one attached hydrogen (secondary N) is 1. The maximum atomic E-state index is 13.8. The molecule has 0 unspecified atom stereocenters. The number of esters is 1. The first kappa shape index (κ1) is 29.3. The number of benzene rings is 3. The number of carbonyl (C=O) groups excluding carboxylic acids is 2. The Balaban J connectivity index is 1.69. The molecule has 11 heteroatoms. The number of fused-ring (bicyclic) bond motifs is 1. The van der Waals surface area contributed by atoms with E-state index in [9.17, 15) is 18.0 Å². The number of hydrogen-bond acceptors (Lipinski definition) is 6. The van der Waals surface area contributed by atoms with Gasteiger partial charge in [-0.1, -0.05) is 54.7 Å². The fraction of sp³-hybridized carbons (Fsp3) is 0.207. The molecule has 0 aliphatic carbocycles. The third-order valence-electron chi connectivity index (χ3n) is 6.06. The number of pyridine rings is 1. The largest absolute Gasteiger partial charge is 0.464 e. The van der Waals surface area contributed by atoms with Gasteiger partial charge in [-0.3, -0.25) is 18.9 Å². The molecule has 1 heterocycles. The van der Waals surface area contributed by atoms with E-state index in [2.05, 4.69) is 10.3 Å². The number of ether oxygens (including phenoxy) is 1. The predicted octanol–water partition coefficient (Wildman–Crippen LogP) is 6.01. The molecular weight excluding hydrogens is 573 g/mol. The maximum Gasteiger partial charge on any atom is 0.326 e. The molecular formula is C29H27Cl2N3O5S. The van der Waals surface area contributed by atoms with Crippen LogP contribution in [-0.2, 0) is 26.1 Å². The van der Waals surface area contributed by atoms with Gasteiger partial charge < -0.3 is 10.1 Å². The van der Waals surface area contributed by atoms with Crippen LogP contribution in [0, 0.1) is 0 Å². The molecule has 0 fully saturated rings. The molecule has 0 spiro atoms. The third kappa shape index (κ3) is 7.10. The van der Waals surface area contributed by atoms with E-state index in [4.69, 9.17) is 27.9 Å². The minimum atomic E-state index is -4.28. The van der Waals surface area contributed by atoms with E-state index in [0.717, 1.165) is 16.3 Å².